The van der Waals surface area contributed by atoms with Gasteiger partial charge in [0.05, 0.1) is 7.11 Å². The van der Waals surface area contributed by atoms with Crippen molar-refractivity contribution in [2.45, 2.75) is 51.1 Å². The molecule has 1 saturated heterocycles. The zero-order valence-corrected chi connectivity index (χ0v) is 13.3. The first-order valence-corrected chi connectivity index (χ1v) is 7.82. The van der Waals surface area contributed by atoms with Gasteiger partial charge >= 0.3 is 0 Å². The molecule has 1 aromatic rings. The van der Waals surface area contributed by atoms with E-state index in [1.807, 2.05) is 31.2 Å². The molecule has 0 aliphatic carbocycles. The number of carbonyl (C=O) groups excluding carboxylic acids is 2. The summed E-state index contributed by atoms with van der Waals surface area (Å²) in [6.07, 6.45) is 3.51. The Kier molecular flexibility index (Phi) is 5.41. The molecule has 2 rings (SSSR count). The highest BCUT2D eigenvalue weighted by molar-refractivity contribution is 5.91. The molecule has 1 atom stereocenters. The van der Waals surface area contributed by atoms with E-state index in [1.54, 1.807) is 7.11 Å². The lowest BCUT2D eigenvalue weighted by atomic mass is 9.89. The zero-order chi connectivity index (χ0) is 16.0. The van der Waals surface area contributed by atoms with Gasteiger partial charge in [0.25, 0.3) is 0 Å². The molecule has 1 unspecified atom stereocenters. The van der Waals surface area contributed by atoms with Crippen LogP contribution in [0.1, 0.15) is 44.6 Å². The highest BCUT2D eigenvalue weighted by Gasteiger charge is 2.38. The number of benzene rings is 1. The number of para-hydroxylation sites is 1. The Hall–Kier alpha value is -2.04. The van der Waals surface area contributed by atoms with Gasteiger partial charge in [-0.1, -0.05) is 31.5 Å². The van der Waals surface area contributed by atoms with Gasteiger partial charge in [-0.2, -0.15) is 0 Å². The molecule has 5 heteroatoms. The van der Waals surface area contributed by atoms with Crippen molar-refractivity contribution in [1.82, 2.24) is 10.6 Å². The van der Waals surface area contributed by atoms with Crippen LogP contribution in [0.15, 0.2) is 24.3 Å². The largest absolute Gasteiger partial charge is 0.496 e. The standard InChI is InChI=1S/C17H24N2O3/c1-3-17(11-7-6-10-15(20)19-17)16(21)18-12-13-8-4-5-9-14(13)22-2/h4-5,8-9H,3,6-7,10-12H2,1-2H3,(H,18,21)(H,19,20). The van der Waals surface area contributed by atoms with Gasteiger partial charge in [-0.05, 0) is 25.3 Å². The maximum atomic E-state index is 12.7. The summed E-state index contributed by atoms with van der Waals surface area (Å²) in [5.74, 6) is 0.598. The minimum atomic E-state index is -0.782. The Morgan fingerprint density at radius 3 is 2.86 bits per heavy atom. The van der Waals surface area contributed by atoms with Crippen molar-refractivity contribution >= 4 is 11.8 Å². The van der Waals surface area contributed by atoms with Crippen LogP contribution >= 0.6 is 0 Å². The van der Waals surface area contributed by atoms with Gasteiger partial charge in [0.2, 0.25) is 11.8 Å². The van der Waals surface area contributed by atoms with Crippen molar-refractivity contribution in [2.24, 2.45) is 0 Å². The first-order chi connectivity index (χ1) is 10.6. The number of hydrogen-bond donors (Lipinski definition) is 2. The lowest BCUT2D eigenvalue weighted by Gasteiger charge is -2.31. The minimum Gasteiger partial charge on any atom is -0.496 e. The van der Waals surface area contributed by atoms with Gasteiger partial charge in [-0.15, -0.1) is 0 Å². The molecule has 1 heterocycles. The van der Waals surface area contributed by atoms with Crippen molar-refractivity contribution in [2.75, 3.05) is 7.11 Å². The summed E-state index contributed by atoms with van der Waals surface area (Å²) in [6, 6.07) is 7.59. The van der Waals surface area contributed by atoms with Crippen LogP contribution in [0.4, 0.5) is 0 Å². The maximum absolute atomic E-state index is 12.7. The van der Waals surface area contributed by atoms with Gasteiger partial charge in [-0.25, -0.2) is 0 Å². The van der Waals surface area contributed by atoms with Crippen LogP contribution in [-0.4, -0.2) is 24.5 Å². The smallest absolute Gasteiger partial charge is 0.246 e. The second kappa shape index (κ2) is 7.29. The number of rotatable bonds is 5. The third-order valence-corrected chi connectivity index (χ3v) is 4.31. The van der Waals surface area contributed by atoms with Crippen LogP contribution in [0, 0.1) is 0 Å². The van der Waals surface area contributed by atoms with E-state index in [2.05, 4.69) is 10.6 Å². The summed E-state index contributed by atoms with van der Waals surface area (Å²) in [7, 11) is 1.61. The number of nitrogens with one attached hydrogen (secondary N) is 2. The predicted molar refractivity (Wildman–Crippen MR) is 84.5 cm³/mol. The Labute approximate surface area is 131 Å². The summed E-state index contributed by atoms with van der Waals surface area (Å²) < 4.78 is 5.29. The van der Waals surface area contributed by atoms with E-state index in [1.165, 1.54) is 0 Å². The van der Waals surface area contributed by atoms with Crippen LogP contribution in [0.25, 0.3) is 0 Å². The molecule has 1 aliphatic heterocycles. The molecule has 22 heavy (non-hydrogen) atoms. The van der Waals surface area contributed by atoms with E-state index < -0.39 is 5.54 Å². The number of amides is 2. The van der Waals surface area contributed by atoms with Gasteiger partial charge in [0, 0.05) is 18.5 Å². The predicted octanol–water partition coefficient (Wildman–Crippen LogP) is 2.15. The Bertz CT molecular complexity index is 544. The molecule has 0 aromatic heterocycles. The minimum absolute atomic E-state index is 0.0354. The van der Waals surface area contributed by atoms with Crippen molar-refractivity contribution in [3.05, 3.63) is 29.8 Å². The molecule has 2 amide bonds. The van der Waals surface area contributed by atoms with Gasteiger partial charge in [0.15, 0.2) is 0 Å². The van der Waals surface area contributed by atoms with E-state index in [0.29, 0.717) is 25.8 Å². The highest BCUT2D eigenvalue weighted by atomic mass is 16.5. The monoisotopic (exact) mass is 304 g/mol. The SMILES string of the molecule is CCC1(C(=O)NCc2ccccc2OC)CCCCC(=O)N1. The Balaban J connectivity index is 2.07. The Morgan fingerprint density at radius 1 is 1.36 bits per heavy atom. The summed E-state index contributed by atoms with van der Waals surface area (Å²) >= 11 is 0. The first-order valence-electron chi connectivity index (χ1n) is 7.82. The third-order valence-electron chi connectivity index (χ3n) is 4.31. The van der Waals surface area contributed by atoms with E-state index in [0.717, 1.165) is 24.2 Å². The van der Waals surface area contributed by atoms with Crippen molar-refractivity contribution in [1.29, 1.82) is 0 Å². The molecule has 1 aliphatic rings. The van der Waals surface area contributed by atoms with Crippen LogP contribution in [0.2, 0.25) is 0 Å². The van der Waals surface area contributed by atoms with Crippen molar-refractivity contribution in [3.63, 3.8) is 0 Å². The van der Waals surface area contributed by atoms with E-state index in [9.17, 15) is 9.59 Å². The Morgan fingerprint density at radius 2 is 2.14 bits per heavy atom. The second-order valence-corrected chi connectivity index (χ2v) is 5.69. The second-order valence-electron chi connectivity index (χ2n) is 5.69. The fourth-order valence-electron chi connectivity index (χ4n) is 2.89. The number of hydrogen-bond acceptors (Lipinski definition) is 3. The number of methoxy groups -OCH3 is 1. The molecular weight excluding hydrogens is 280 g/mol. The molecule has 1 fully saturated rings. The van der Waals surface area contributed by atoms with Crippen molar-refractivity contribution in [3.8, 4) is 5.75 Å². The lowest BCUT2D eigenvalue weighted by Crippen LogP contribution is -2.57. The van der Waals surface area contributed by atoms with Crippen LogP contribution in [0.3, 0.4) is 0 Å². The molecule has 0 radical (unpaired) electrons. The molecule has 0 bridgehead atoms. The molecule has 120 valence electrons. The zero-order valence-electron chi connectivity index (χ0n) is 13.3. The van der Waals surface area contributed by atoms with Crippen molar-refractivity contribution < 1.29 is 14.3 Å². The van der Waals surface area contributed by atoms with E-state index in [4.69, 9.17) is 4.74 Å². The third kappa shape index (κ3) is 3.59. The highest BCUT2D eigenvalue weighted by Crippen LogP contribution is 2.24. The molecule has 5 nitrogen and oxygen atoms in total. The van der Waals surface area contributed by atoms with E-state index >= 15 is 0 Å². The fourth-order valence-corrected chi connectivity index (χ4v) is 2.89. The first kappa shape index (κ1) is 16.3. The van der Waals surface area contributed by atoms with Crippen LogP contribution in [0.5, 0.6) is 5.75 Å². The molecule has 2 N–H and O–H groups in total. The van der Waals surface area contributed by atoms with Gasteiger partial charge in [0.1, 0.15) is 11.3 Å². The van der Waals surface area contributed by atoms with Crippen LogP contribution in [-0.2, 0) is 16.1 Å². The summed E-state index contributed by atoms with van der Waals surface area (Å²) in [5, 5.41) is 5.87. The molecule has 0 saturated carbocycles. The maximum Gasteiger partial charge on any atom is 0.246 e. The summed E-state index contributed by atoms with van der Waals surface area (Å²) in [5.41, 5.74) is 0.139. The fraction of sp³-hybridized carbons (Fsp3) is 0.529. The lowest BCUT2D eigenvalue weighted by molar-refractivity contribution is -0.133. The molecule has 1 aromatic carbocycles. The molecule has 0 spiro atoms. The topological polar surface area (TPSA) is 67.4 Å². The number of ether oxygens (including phenoxy) is 1. The summed E-state index contributed by atoms with van der Waals surface area (Å²) in [4.78, 5) is 24.5. The average Bonchev–Trinajstić information content (AvgIpc) is 2.75. The normalized spacial score (nSPS) is 21.6. The van der Waals surface area contributed by atoms with Crippen LogP contribution < -0.4 is 15.4 Å². The van der Waals surface area contributed by atoms with Gasteiger partial charge < -0.3 is 15.4 Å². The average molecular weight is 304 g/mol. The quantitative estimate of drug-likeness (QED) is 0.876. The number of carbonyl (C=O) groups is 2. The van der Waals surface area contributed by atoms with E-state index in [-0.39, 0.29) is 11.8 Å². The summed E-state index contributed by atoms with van der Waals surface area (Å²) in [6.45, 7) is 2.33. The van der Waals surface area contributed by atoms with Gasteiger partial charge in [-0.3, -0.25) is 9.59 Å². The molecular formula is C17H24N2O3.